The van der Waals surface area contributed by atoms with Gasteiger partial charge in [0.15, 0.2) is 0 Å². The Balaban J connectivity index is 1.96. The molecule has 96 valence electrons. The van der Waals surface area contributed by atoms with Crippen molar-refractivity contribution in [2.24, 2.45) is 0 Å². The Morgan fingerprint density at radius 1 is 1.32 bits per heavy atom. The van der Waals surface area contributed by atoms with Crippen LogP contribution in [0.2, 0.25) is 0 Å². The van der Waals surface area contributed by atoms with E-state index in [1.54, 1.807) is 12.1 Å². The number of carbonyl (C=O) groups is 1. The number of amides is 1. The quantitative estimate of drug-likeness (QED) is 0.806. The summed E-state index contributed by atoms with van der Waals surface area (Å²) in [6.45, 7) is 0. The van der Waals surface area contributed by atoms with Crippen LogP contribution in [0.1, 0.15) is 27.7 Å². The van der Waals surface area contributed by atoms with Crippen molar-refractivity contribution < 1.29 is 9.18 Å². The Hall–Kier alpha value is -2.50. The van der Waals surface area contributed by atoms with Gasteiger partial charge in [-0.1, -0.05) is 12.1 Å². The molecule has 2 heterocycles. The Morgan fingerprint density at radius 2 is 2.05 bits per heavy atom. The van der Waals surface area contributed by atoms with E-state index < -0.39 is 0 Å². The van der Waals surface area contributed by atoms with Crippen LogP contribution in [0.4, 0.5) is 10.3 Å². The third-order valence-corrected chi connectivity index (χ3v) is 3.11. The van der Waals surface area contributed by atoms with Crippen molar-refractivity contribution in [3.05, 3.63) is 53.1 Å². The predicted octanol–water partition coefficient (Wildman–Crippen LogP) is 1.23. The molecule has 0 fully saturated rings. The van der Waals surface area contributed by atoms with E-state index in [9.17, 15) is 9.18 Å². The summed E-state index contributed by atoms with van der Waals surface area (Å²) in [7, 11) is 0. The number of benzene rings is 1. The smallest absolute Gasteiger partial charge is 0.255 e. The van der Waals surface area contributed by atoms with Crippen LogP contribution in [0.25, 0.3) is 0 Å². The molecule has 3 rings (SSSR count). The highest BCUT2D eigenvalue weighted by molar-refractivity contribution is 5.96. The SMILES string of the molecule is Nc1ncc2c(n1)C[C@H](c1ccc(F)cc1)NC2=O. The molecule has 1 aliphatic rings. The summed E-state index contributed by atoms with van der Waals surface area (Å²) in [6.07, 6.45) is 1.94. The van der Waals surface area contributed by atoms with Crippen LogP contribution in [-0.4, -0.2) is 15.9 Å². The average molecular weight is 258 g/mol. The highest BCUT2D eigenvalue weighted by Crippen LogP contribution is 2.24. The van der Waals surface area contributed by atoms with Gasteiger partial charge in [-0.2, -0.15) is 0 Å². The average Bonchev–Trinajstić information content (AvgIpc) is 2.38. The molecule has 1 atom stereocenters. The lowest BCUT2D eigenvalue weighted by atomic mass is 9.95. The molecule has 0 unspecified atom stereocenters. The lowest BCUT2D eigenvalue weighted by Crippen LogP contribution is -2.36. The minimum atomic E-state index is -0.308. The summed E-state index contributed by atoms with van der Waals surface area (Å²) in [5, 5.41) is 2.85. The second-order valence-corrected chi connectivity index (χ2v) is 4.37. The summed E-state index contributed by atoms with van der Waals surface area (Å²) in [6, 6.07) is 5.80. The molecule has 0 saturated heterocycles. The monoisotopic (exact) mass is 258 g/mol. The highest BCUT2D eigenvalue weighted by atomic mass is 19.1. The van der Waals surface area contributed by atoms with Crippen LogP contribution in [0, 0.1) is 5.82 Å². The van der Waals surface area contributed by atoms with Crippen molar-refractivity contribution in [3.8, 4) is 0 Å². The van der Waals surface area contributed by atoms with E-state index in [4.69, 9.17) is 5.73 Å². The second kappa shape index (κ2) is 4.31. The minimum absolute atomic E-state index is 0.145. The van der Waals surface area contributed by atoms with Crippen LogP contribution in [0.15, 0.2) is 30.5 Å². The van der Waals surface area contributed by atoms with Gasteiger partial charge in [-0.15, -0.1) is 0 Å². The van der Waals surface area contributed by atoms with E-state index in [0.717, 1.165) is 5.56 Å². The molecule has 5 nitrogen and oxygen atoms in total. The first-order valence-electron chi connectivity index (χ1n) is 5.81. The molecule has 2 aromatic rings. The molecule has 1 aliphatic heterocycles. The number of fused-ring (bicyclic) bond motifs is 1. The third kappa shape index (κ3) is 2.12. The largest absolute Gasteiger partial charge is 0.368 e. The lowest BCUT2D eigenvalue weighted by Gasteiger charge is -2.25. The normalized spacial score (nSPS) is 17.7. The van der Waals surface area contributed by atoms with E-state index >= 15 is 0 Å². The van der Waals surface area contributed by atoms with Crippen molar-refractivity contribution in [1.29, 1.82) is 0 Å². The van der Waals surface area contributed by atoms with E-state index in [1.165, 1.54) is 18.3 Å². The zero-order valence-electron chi connectivity index (χ0n) is 9.93. The number of nitrogens with two attached hydrogens (primary N) is 1. The number of nitrogen functional groups attached to an aromatic ring is 1. The number of hydrogen-bond acceptors (Lipinski definition) is 4. The van der Waals surface area contributed by atoms with Crippen LogP contribution in [-0.2, 0) is 6.42 Å². The standard InChI is InChI=1S/C13H11FN4O/c14-8-3-1-7(2-4-8)10-5-11-9(12(19)17-10)6-16-13(15)18-11/h1-4,6,10H,5H2,(H,17,19)(H2,15,16,18)/t10-/m1/s1. The Morgan fingerprint density at radius 3 is 2.79 bits per heavy atom. The van der Waals surface area contributed by atoms with Crippen molar-refractivity contribution in [2.75, 3.05) is 5.73 Å². The van der Waals surface area contributed by atoms with Gasteiger partial charge in [0.2, 0.25) is 5.95 Å². The van der Waals surface area contributed by atoms with Gasteiger partial charge in [0.1, 0.15) is 5.82 Å². The molecule has 1 aromatic carbocycles. The summed E-state index contributed by atoms with van der Waals surface area (Å²) in [5.41, 5.74) is 7.41. The molecule has 0 aliphatic carbocycles. The zero-order chi connectivity index (χ0) is 13.4. The Kier molecular flexibility index (Phi) is 2.63. The topological polar surface area (TPSA) is 80.9 Å². The van der Waals surface area contributed by atoms with E-state index in [0.29, 0.717) is 17.7 Å². The van der Waals surface area contributed by atoms with Gasteiger partial charge >= 0.3 is 0 Å². The maximum atomic E-state index is 12.9. The zero-order valence-corrected chi connectivity index (χ0v) is 9.93. The second-order valence-electron chi connectivity index (χ2n) is 4.37. The van der Waals surface area contributed by atoms with Gasteiger partial charge in [0, 0.05) is 12.6 Å². The molecule has 19 heavy (non-hydrogen) atoms. The molecule has 0 saturated carbocycles. The summed E-state index contributed by atoms with van der Waals surface area (Å²) in [5.74, 6) is -0.403. The first-order chi connectivity index (χ1) is 9.13. The summed E-state index contributed by atoms with van der Waals surface area (Å²) >= 11 is 0. The molecule has 0 radical (unpaired) electrons. The number of rotatable bonds is 1. The van der Waals surface area contributed by atoms with Crippen LogP contribution in [0.3, 0.4) is 0 Å². The fourth-order valence-corrected chi connectivity index (χ4v) is 2.15. The minimum Gasteiger partial charge on any atom is -0.368 e. The van der Waals surface area contributed by atoms with Crippen molar-refractivity contribution in [3.63, 3.8) is 0 Å². The van der Waals surface area contributed by atoms with Gasteiger partial charge in [-0.25, -0.2) is 14.4 Å². The molecule has 6 heteroatoms. The number of carbonyl (C=O) groups excluding carboxylic acids is 1. The first kappa shape index (κ1) is 11.6. The predicted molar refractivity (Wildman–Crippen MR) is 66.8 cm³/mol. The summed E-state index contributed by atoms with van der Waals surface area (Å²) in [4.78, 5) is 19.8. The van der Waals surface area contributed by atoms with Crippen LogP contribution >= 0.6 is 0 Å². The number of nitrogens with one attached hydrogen (secondary N) is 1. The lowest BCUT2D eigenvalue weighted by molar-refractivity contribution is 0.0923. The number of aromatic nitrogens is 2. The maximum Gasteiger partial charge on any atom is 0.255 e. The van der Waals surface area contributed by atoms with Crippen LogP contribution in [0.5, 0.6) is 0 Å². The number of nitrogens with zero attached hydrogens (tertiary/aromatic N) is 2. The molecule has 0 bridgehead atoms. The number of anilines is 1. The van der Waals surface area contributed by atoms with Gasteiger partial charge < -0.3 is 11.1 Å². The van der Waals surface area contributed by atoms with Gasteiger partial charge in [0.05, 0.1) is 17.3 Å². The first-order valence-corrected chi connectivity index (χ1v) is 5.81. The fraction of sp³-hybridized carbons (Fsp3) is 0.154. The molecule has 3 N–H and O–H groups in total. The summed E-state index contributed by atoms with van der Waals surface area (Å²) < 4.78 is 12.9. The van der Waals surface area contributed by atoms with Crippen molar-refractivity contribution >= 4 is 11.9 Å². The van der Waals surface area contributed by atoms with E-state index in [1.807, 2.05) is 0 Å². The molecule has 1 amide bonds. The van der Waals surface area contributed by atoms with E-state index in [2.05, 4.69) is 15.3 Å². The van der Waals surface area contributed by atoms with Crippen LogP contribution < -0.4 is 11.1 Å². The molecule has 1 aromatic heterocycles. The Bertz CT molecular complexity index is 642. The molecular weight excluding hydrogens is 247 g/mol. The van der Waals surface area contributed by atoms with Crippen molar-refractivity contribution in [1.82, 2.24) is 15.3 Å². The molecular formula is C13H11FN4O. The maximum absolute atomic E-state index is 12.9. The number of hydrogen-bond donors (Lipinski definition) is 2. The van der Waals surface area contributed by atoms with Gasteiger partial charge in [0.25, 0.3) is 5.91 Å². The molecule has 0 spiro atoms. The van der Waals surface area contributed by atoms with Gasteiger partial charge in [-0.3, -0.25) is 4.79 Å². The number of halogens is 1. The highest BCUT2D eigenvalue weighted by Gasteiger charge is 2.26. The van der Waals surface area contributed by atoms with Crippen molar-refractivity contribution in [2.45, 2.75) is 12.5 Å². The Labute approximate surface area is 108 Å². The van der Waals surface area contributed by atoms with E-state index in [-0.39, 0.29) is 23.7 Å². The van der Waals surface area contributed by atoms with Gasteiger partial charge in [-0.05, 0) is 17.7 Å². The third-order valence-electron chi connectivity index (χ3n) is 3.11. The fourth-order valence-electron chi connectivity index (χ4n) is 2.15.